The van der Waals surface area contributed by atoms with Crippen LogP contribution in [0.5, 0.6) is 0 Å². The van der Waals surface area contributed by atoms with Gasteiger partial charge in [0.2, 0.25) is 0 Å². The van der Waals surface area contributed by atoms with Crippen LogP contribution in [0.15, 0.2) is 28.4 Å². The molecule has 21 heavy (non-hydrogen) atoms. The van der Waals surface area contributed by atoms with Gasteiger partial charge in [0.25, 0.3) is 0 Å². The molecule has 0 spiro atoms. The van der Waals surface area contributed by atoms with Crippen molar-refractivity contribution >= 4 is 39.0 Å². The summed E-state index contributed by atoms with van der Waals surface area (Å²) in [5, 5.41) is 9.19. The maximum atomic E-state index is 12.6. The maximum Gasteiger partial charge on any atom is 0.433 e. The molecule has 10 heteroatoms. The van der Waals surface area contributed by atoms with Gasteiger partial charge in [-0.1, -0.05) is 0 Å². The van der Waals surface area contributed by atoms with Crippen LogP contribution in [0.4, 0.5) is 23.7 Å². The molecule has 1 N–H and O–H groups in total. The minimum absolute atomic E-state index is 0.0973. The first-order valence-corrected chi connectivity index (χ1v) is 7.02. The summed E-state index contributed by atoms with van der Waals surface area (Å²) >= 11 is 4.34. The van der Waals surface area contributed by atoms with E-state index in [4.69, 9.17) is 0 Å². The third kappa shape index (κ3) is 3.91. The molecule has 0 aromatic carbocycles. The Kier molecular flexibility index (Phi) is 4.47. The number of halogens is 4. The van der Waals surface area contributed by atoms with E-state index in [0.717, 1.165) is 11.1 Å². The highest BCUT2D eigenvalue weighted by Gasteiger charge is 2.33. The maximum absolute atomic E-state index is 12.6. The first-order chi connectivity index (χ1) is 9.77. The van der Waals surface area contributed by atoms with Gasteiger partial charge in [0, 0.05) is 17.3 Å². The Bertz CT molecular complexity index is 662. The highest BCUT2D eigenvalue weighted by atomic mass is 79.9. The number of hydrogen-bond acceptors (Lipinski definition) is 4. The Labute approximate surface area is 129 Å². The van der Waals surface area contributed by atoms with Crippen LogP contribution in [0.1, 0.15) is 10.6 Å². The van der Waals surface area contributed by atoms with Crippen molar-refractivity contribution in [2.45, 2.75) is 12.7 Å². The average Bonchev–Trinajstić information content (AvgIpc) is 2.80. The molecule has 0 saturated heterocycles. The molecule has 2 aromatic heterocycles. The Hall–Kier alpha value is -1.68. The van der Waals surface area contributed by atoms with Crippen molar-refractivity contribution < 1.29 is 23.1 Å². The predicted octanol–water partition coefficient (Wildman–Crippen LogP) is 4.00. The minimum Gasteiger partial charge on any atom is -0.465 e. The second kappa shape index (κ2) is 5.98. The van der Waals surface area contributed by atoms with E-state index in [1.165, 1.54) is 23.6 Å². The van der Waals surface area contributed by atoms with Crippen LogP contribution < -0.4 is 4.90 Å². The highest BCUT2D eigenvalue weighted by Crippen LogP contribution is 2.30. The molecule has 0 aliphatic heterocycles. The topological polar surface area (TPSA) is 66.3 Å². The number of carbonyl (C=O) groups is 1. The Balaban J connectivity index is 2.32. The molecular formula is C11H7BrF3N3O2S. The molecule has 5 nitrogen and oxygen atoms in total. The summed E-state index contributed by atoms with van der Waals surface area (Å²) in [6.07, 6.45) is -3.61. The van der Waals surface area contributed by atoms with Gasteiger partial charge in [0.15, 0.2) is 3.92 Å². The molecule has 112 valence electrons. The molecule has 0 bridgehead atoms. The molecule has 2 rings (SSSR count). The van der Waals surface area contributed by atoms with Crippen molar-refractivity contribution in [2.75, 3.05) is 4.90 Å². The van der Waals surface area contributed by atoms with Gasteiger partial charge in [0.1, 0.15) is 5.69 Å². The molecule has 0 saturated carbocycles. The van der Waals surface area contributed by atoms with E-state index in [2.05, 4.69) is 25.9 Å². The standard InChI is InChI=1S/C11H7BrF3N3O2S/c12-9-17-4-7(21-9)5-18(10(19)20)6-1-2-16-8(3-6)11(13,14)15/h1-4H,5H2,(H,19,20). The fraction of sp³-hybridized carbons (Fsp3) is 0.182. The largest absolute Gasteiger partial charge is 0.465 e. The SMILES string of the molecule is O=C(O)N(Cc1cnc(Br)s1)c1ccnc(C(F)(F)F)c1. The fourth-order valence-corrected chi connectivity index (χ4v) is 2.87. The molecular weight excluding hydrogens is 375 g/mol. The summed E-state index contributed by atoms with van der Waals surface area (Å²) in [7, 11) is 0. The number of hydrogen-bond donors (Lipinski definition) is 1. The molecule has 1 amide bonds. The van der Waals surface area contributed by atoms with Crippen LogP contribution in [0.25, 0.3) is 0 Å². The van der Waals surface area contributed by atoms with Crippen molar-refractivity contribution in [1.29, 1.82) is 0 Å². The number of amides is 1. The van der Waals surface area contributed by atoms with Crippen molar-refractivity contribution in [1.82, 2.24) is 9.97 Å². The number of carboxylic acid groups (broad SMARTS) is 1. The molecule has 2 aromatic rings. The van der Waals surface area contributed by atoms with Crippen LogP contribution in [0.3, 0.4) is 0 Å². The normalized spacial score (nSPS) is 11.4. The number of pyridine rings is 1. The zero-order chi connectivity index (χ0) is 15.6. The van der Waals surface area contributed by atoms with Crippen molar-refractivity contribution in [3.8, 4) is 0 Å². The molecule has 0 atom stereocenters. The zero-order valence-electron chi connectivity index (χ0n) is 10.1. The van der Waals surface area contributed by atoms with Gasteiger partial charge >= 0.3 is 12.3 Å². The van der Waals surface area contributed by atoms with E-state index in [9.17, 15) is 23.1 Å². The van der Waals surface area contributed by atoms with Gasteiger partial charge in [-0.2, -0.15) is 13.2 Å². The van der Waals surface area contributed by atoms with Gasteiger partial charge in [-0.05, 0) is 28.1 Å². The molecule has 0 radical (unpaired) electrons. The molecule has 0 aliphatic rings. The summed E-state index contributed by atoms with van der Waals surface area (Å²) in [4.78, 5) is 19.8. The summed E-state index contributed by atoms with van der Waals surface area (Å²) in [5.74, 6) is 0. The lowest BCUT2D eigenvalue weighted by molar-refractivity contribution is -0.141. The van der Waals surface area contributed by atoms with Crippen LogP contribution in [-0.4, -0.2) is 21.2 Å². The molecule has 0 aliphatic carbocycles. The number of nitrogens with zero attached hydrogens (tertiary/aromatic N) is 3. The first-order valence-electron chi connectivity index (χ1n) is 5.41. The van der Waals surface area contributed by atoms with Gasteiger partial charge in [-0.25, -0.2) is 9.78 Å². The summed E-state index contributed by atoms with van der Waals surface area (Å²) in [6.45, 7) is -0.0973. The number of rotatable bonds is 3. The van der Waals surface area contributed by atoms with Gasteiger partial charge < -0.3 is 5.11 Å². The second-order valence-electron chi connectivity index (χ2n) is 3.85. The van der Waals surface area contributed by atoms with Crippen LogP contribution >= 0.6 is 27.3 Å². The lowest BCUT2D eigenvalue weighted by Gasteiger charge is -2.19. The second-order valence-corrected chi connectivity index (χ2v) is 6.24. The van der Waals surface area contributed by atoms with E-state index >= 15 is 0 Å². The van der Waals surface area contributed by atoms with Crippen LogP contribution in [0.2, 0.25) is 0 Å². The number of thiazole rings is 1. The molecule has 0 fully saturated rings. The van der Waals surface area contributed by atoms with Gasteiger partial charge in [-0.3, -0.25) is 9.88 Å². The van der Waals surface area contributed by atoms with Gasteiger partial charge in [-0.15, -0.1) is 11.3 Å². The third-order valence-electron chi connectivity index (χ3n) is 2.42. The van der Waals surface area contributed by atoms with Gasteiger partial charge in [0.05, 0.1) is 12.2 Å². The van der Waals surface area contributed by atoms with Crippen molar-refractivity contribution in [3.05, 3.63) is 39.0 Å². The fourth-order valence-electron chi connectivity index (χ4n) is 1.52. The Morgan fingerprint density at radius 3 is 2.67 bits per heavy atom. The van der Waals surface area contributed by atoms with E-state index < -0.39 is 18.0 Å². The lowest BCUT2D eigenvalue weighted by atomic mass is 10.3. The van der Waals surface area contributed by atoms with Crippen molar-refractivity contribution in [3.63, 3.8) is 0 Å². The monoisotopic (exact) mass is 381 g/mol. The number of aromatic nitrogens is 2. The quantitative estimate of drug-likeness (QED) is 0.872. The van der Waals surface area contributed by atoms with E-state index in [1.54, 1.807) is 0 Å². The van der Waals surface area contributed by atoms with Crippen LogP contribution in [0, 0.1) is 0 Å². The predicted molar refractivity (Wildman–Crippen MR) is 73.3 cm³/mol. The third-order valence-corrected chi connectivity index (χ3v) is 3.88. The highest BCUT2D eigenvalue weighted by molar-refractivity contribution is 9.11. The Morgan fingerprint density at radius 2 is 2.14 bits per heavy atom. The minimum atomic E-state index is -4.63. The summed E-state index contributed by atoms with van der Waals surface area (Å²) < 4.78 is 38.4. The molecule has 0 unspecified atom stereocenters. The smallest absolute Gasteiger partial charge is 0.433 e. The van der Waals surface area contributed by atoms with Crippen molar-refractivity contribution in [2.24, 2.45) is 0 Å². The first kappa shape index (κ1) is 15.7. The number of anilines is 1. The van der Waals surface area contributed by atoms with E-state index in [1.807, 2.05) is 0 Å². The van der Waals surface area contributed by atoms with Crippen LogP contribution in [-0.2, 0) is 12.7 Å². The van der Waals surface area contributed by atoms with E-state index in [0.29, 0.717) is 14.9 Å². The summed E-state index contributed by atoms with van der Waals surface area (Å²) in [5.41, 5.74) is -1.24. The van der Waals surface area contributed by atoms with E-state index in [-0.39, 0.29) is 12.2 Å². The number of alkyl halides is 3. The average molecular weight is 382 g/mol. The lowest BCUT2D eigenvalue weighted by Crippen LogP contribution is -2.28. The zero-order valence-corrected chi connectivity index (χ0v) is 12.5. The Morgan fingerprint density at radius 1 is 1.43 bits per heavy atom. The summed E-state index contributed by atoms with van der Waals surface area (Å²) in [6, 6.07) is 1.91. The molecule has 2 heterocycles.